The second-order valence-corrected chi connectivity index (χ2v) is 8.42. The summed E-state index contributed by atoms with van der Waals surface area (Å²) in [4.78, 5) is 4.65. The molecule has 1 aromatic carbocycles. The van der Waals surface area contributed by atoms with Gasteiger partial charge in [0, 0.05) is 44.8 Å². The smallest absolute Gasteiger partial charge is 0.165 e. The molecule has 2 rings (SSSR count). The highest BCUT2D eigenvalue weighted by Crippen LogP contribution is 2.31. The van der Waals surface area contributed by atoms with Crippen LogP contribution in [0.2, 0.25) is 0 Å². The van der Waals surface area contributed by atoms with Crippen LogP contribution < -0.4 is 9.47 Å². The molecule has 166 valence electrons. The second-order valence-electron chi connectivity index (χ2n) is 8.42. The first kappa shape index (κ1) is 23.9. The van der Waals surface area contributed by atoms with E-state index in [-0.39, 0.29) is 5.60 Å². The van der Waals surface area contributed by atoms with E-state index in [1.54, 1.807) is 14.2 Å². The summed E-state index contributed by atoms with van der Waals surface area (Å²) in [6.07, 6.45) is -0.560. The Hall–Kier alpha value is -1.38. The molecule has 1 saturated heterocycles. The molecule has 0 bridgehead atoms. The van der Waals surface area contributed by atoms with E-state index < -0.39 is 6.10 Å². The van der Waals surface area contributed by atoms with Crippen molar-refractivity contribution in [3.8, 4) is 11.5 Å². The number of rotatable bonds is 11. The third-order valence-corrected chi connectivity index (χ3v) is 4.89. The Labute approximate surface area is 175 Å². The molecule has 1 atom stereocenters. The molecular weight excluding hydrogens is 372 g/mol. The first-order chi connectivity index (χ1) is 13.8. The second kappa shape index (κ2) is 11.7. The van der Waals surface area contributed by atoms with Gasteiger partial charge in [-0.1, -0.05) is 12.1 Å². The third kappa shape index (κ3) is 8.48. The molecule has 1 heterocycles. The van der Waals surface area contributed by atoms with Gasteiger partial charge in [0.25, 0.3) is 0 Å². The van der Waals surface area contributed by atoms with E-state index in [0.717, 1.165) is 56.5 Å². The maximum absolute atomic E-state index is 10.6. The van der Waals surface area contributed by atoms with E-state index in [0.29, 0.717) is 19.7 Å². The fourth-order valence-electron chi connectivity index (χ4n) is 3.36. The van der Waals surface area contributed by atoms with Gasteiger partial charge in [0.2, 0.25) is 0 Å². The topological polar surface area (TPSA) is 63.6 Å². The normalized spacial score (nSPS) is 16.8. The van der Waals surface area contributed by atoms with Crippen LogP contribution in [0.5, 0.6) is 11.5 Å². The van der Waals surface area contributed by atoms with Gasteiger partial charge in [-0.25, -0.2) is 0 Å². The van der Waals surface area contributed by atoms with Gasteiger partial charge in [0.05, 0.1) is 45.7 Å². The Balaban J connectivity index is 2.04. The summed E-state index contributed by atoms with van der Waals surface area (Å²) in [7, 11) is 3.30. The lowest BCUT2D eigenvalue weighted by Gasteiger charge is -2.32. The van der Waals surface area contributed by atoms with Crippen LogP contribution in [0.3, 0.4) is 0 Å². The Kier molecular flexibility index (Phi) is 9.65. The van der Waals surface area contributed by atoms with E-state index in [9.17, 15) is 5.11 Å². The first-order valence-corrected chi connectivity index (χ1v) is 10.4. The number of hydrogen-bond donors (Lipinski definition) is 1. The van der Waals surface area contributed by atoms with E-state index in [4.69, 9.17) is 18.9 Å². The lowest BCUT2D eigenvalue weighted by Crippen LogP contribution is -2.43. The summed E-state index contributed by atoms with van der Waals surface area (Å²) in [6, 6.07) is 5.91. The lowest BCUT2D eigenvalue weighted by atomic mass is 10.1. The molecule has 0 spiro atoms. The van der Waals surface area contributed by atoms with Gasteiger partial charge in [-0.15, -0.1) is 0 Å². The standard InChI is InChI=1S/C22H38N2O5/c1-22(2,3)29-17-19(25)16-24(10-9-23-11-13-28-14-12-23)15-18-7-6-8-20(26-4)21(18)27-5/h6-8,19,25H,9-17H2,1-5H3. The summed E-state index contributed by atoms with van der Waals surface area (Å²) in [6.45, 7) is 12.7. The fraction of sp³-hybridized carbons (Fsp3) is 0.727. The monoisotopic (exact) mass is 410 g/mol. The molecule has 0 saturated carbocycles. The summed E-state index contributed by atoms with van der Waals surface area (Å²) in [5, 5.41) is 10.6. The van der Waals surface area contributed by atoms with Crippen molar-refractivity contribution in [1.82, 2.24) is 9.80 Å². The van der Waals surface area contributed by atoms with Gasteiger partial charge in [-0.2, -0.15) is 0 Å². The molecule has 1 aromatic rings. The average molecular weight is 411 g/mol. The number of para-hydroxylation sites is 1. The molecule has 1 aliphatic heterocycles. The fourth-order valence-corrected chi connectivity index (χ4v) is 3.36. The van der Waals surface area contributed by atoms with Crippen LogP contribution in [0.25, 0.3) is 0 Å². The van der Waals surface area contributed by atoms with Crippen LogP contribution in [0.4, 0.5) is 0 Å². The average Bonchev–Trinajstić information content (AvgIpc) is 2.70. The molecule has 29 heavy (non-hydrogen) atoms. The van der Waals surface area contributed by atoms with Gasteiger partial charge in [0.15, 0.2) is 11.5 Å². The Morgan fingerprint density at radius 3 is 2.52 bits per heavy atom. The summed E-state index contributed by atoms with van der Waals surface area (Å²) in [5.74, 6) is 1.46. The molecule has 0 radical (unpaired) electrons. The number of aliphatic hydroxyl groups excluding tert-OH is 1. The molecule has 1 unspecified atom stereocenters. The van der Waals surface area contributed by atoms with Gasteiger partial charge >= 0.3 is 0 Å². The number of hydrogen-bond acceptors (Lipinski definition) is 7. The minimum absolute atomic E-state index is 0.268. The number of methoxy groups -OCH3 is 2. The molecule has 0 aliphatic carbocycles. The molecule has 0 amide bonds. The minimum atomic E-state index is -0.560. The molecule has 7 nitrogen and oxygen atoms in total. The van der Waals surface area contributed by atoms with E-state index in [1.807, 2.05) is 39.0 Å². The van der Waals surface area contributed by atoms with E-state index in [2.05, 4.69) is 9.80 Å². The van der Waals surface area contributed by atoms with Crippen molar-refractivity contribution in [3.63, 3.8) is 0 Å². The predicted octanol–water partition coefficient (Wildman–Crippen LogP) is 2.01. The quantitative estimate of drug-likeness (QED) is 0.599. The van der Waals surface area contributed by atoms with Crippen molar-refractivity contribution < 1.29 is 24.1 Å². The molecule has 1 aliphatic rings. The zero-order valence-electron chi connectivity index (χ0n) is 18.6. The van der Waals surface area contributed by atoms with Crippen molar-refractivity contribution in [2.24, 2.45) is 0 Å². The SMILES string of the molecule is COc1cccc(CN(CCN2CCOCC2)CC(O)COC(C)(C)C)c1OC. The van der Waals surface area contributed by atoms with E-state index >= 15 is 0 Å². The molecule has 1 N–H and O–H groups in total. The Morgan fingerprint density at radius 2 is 1.90 bits per heavy atom. The van der Waals surface area contributed by atoms with Crippen LogP contribution in [0.1, 0.15) is 26.3 Å². The summed E-state index contributed by atoms with van der Waals surface area (Å²) in [5.41, 5.74) is 0.771. The Morgan fingerprint density at radius 1 is 1.17 bits per heavy atom. The highest BCUT2D eigenvalue weighted by Gasteiger charge is 2.20. The van der Waals surface area contributed by atoms with Crippen LogP contribution in [0, 0.1) is 0 Å². The van der Waals surface area contributed by atoms with Crippen molar-refractivity contribution in [1.29, 1.82) is 0 Å². The summed E-state index contributed by atoms with van der Waals surface area (Å²) >= 11 is 0. The molecular formula is C22H38N2O5. The van der Waals surface area contributed by atoms with Gasteiger partial charge in [0.1, 0.15) is 0 Å². The van der Waals surface area contributed by atoms with Crippen molar-refractivity contribution >= 4 is 0 Å². The minimum Gasteiger partial charge on any atom is -0.493 e. The van der Waals surface area contributed by atoms with Crippen LogP contribution in [-0.4, -0.2) is 93.4 Å². The molecule has 1 fully saturated rings. The van der Waals surface area contributed by atoms with Crippen molar-refractivity contribution in [2.75, 3.05) is 66.8 Å². The highest BCUT2D eigenvalue weighted by atomic mass is 16.5. The highest BCUT2D eigenvalue weighted by molar-refractivity contribution is 5.46. The van der Waals surface area contributed by atoms with E-state index in [1.165, 1.54) is 0 Å². The number of morpholine rings is 1. The predicted molar refractivity (Wildman–Crippen MR) is 114 cm³/mol. The van der Waals surface area contributed by atoms with Crippen molar-refractivity contribution in [3.05, 3.63) is 23.8 Å². The van der Waals surface area contributed by atoms with Crippen LogP contribution >= 0.6 is 0 Å². The zero-order chi connectivity index (χ0) is 21.3. The number of aliphatic hydroxyl groups is 1. The maximum atomic E-state index is 10.6. The Bertz CT molecular complexity index is 599. The van der Waals surface area contributed by atoms with Crippen LogP contribution in [-0.2, 0) is 16.0 Å². The summed E-state index contributed by atoms with van der Waals surface area (Å²) < 4.78 is 22.2. The van der Waals surface area contributed by atoms with Gasteiger partial charge < -0.3 is 24.1 Å². The molecule has 7 heteroatoms. The van der Waals surface area contributed by atoms with Gasteiger partial charge in [-0.3, -0.25) is 9.80 Å². The zero-order valence-corrected chi connectivity index (χ0v) is 18.6. The number of ether oxygens (including phenoxy) is 4. The number of nitrogens with zero attached hydrogens (tertiary/aromatic N) is 2. The number of benzene rings is 1. The van der Waals surface area contributed by atoms with Crippen molar-refractivity contribution in [2.45, 2.75) is 39.0 Å². The first-order valence-electron chi connectivity index (χ1n) is 10.4. The maximum Gasteiger partial charge on any atom is 0.165 e. The third-order valence-electron chi connectivity index (χ3n) is 4.89. The lowest BCUT2D eigenvalue weighted by molar-refractivity contribution is -0.0575. The van der Waals surface area contributed by atoms with Gasteiger partial charge in [-0.05, 0) is 26.8 Å². The largest absolute Gasteiger partial charge is 0.493 e. The van der Waals surface area contributed by atoms with Crippen LogP contribution in [0.15, 0.2) is 18.2 Å². The molecule has 0 aromatic heterocycles.